The first-order valence-corrected chi connectivity index (χ1v) is 9.25. The normalized spacial score (nSPS) is 12.3. The van der Waals surface area contributed by atoms with E-state index in [0.29, 0.717) is 5.82 Å². The SMILES string of the molecule is CNc1nc(C(C)NC(=O)c2cc(Br)cc(OC(F)(F)F)c2)n(-c2ncccn2)n1. The molecule has 13 heteroatoms. The Balaban J connectivity index is 1.86. The molecule has 3 rings (SSSR count). The van der Waals surface area contributed by atoms with Gasteiger partial charge in [0.1, 0.15) is 5.75 Å². The van der Waals surface area contributed by atoms with Gasteiger partial charge in [0.25, 0.3) is 11.9 Å². The molecule has 1 amide bonds. The van der Waals surface area contributed by atoms with Gasteiger partial charge in [0.15, 0.2) is 5.82 Å². The zero-order valence-corrected chi connectivity index (χ0v) is 17.2. The van der Waals surface area contributed by atoms with Crippen LogP contribution in [0.4, 0.5) is 19.1 Å². The van der Waals surface area contributed by atoms with Gasteiger partial charge in [-0.15, -0.1) is 18.3 Å². The van der Waals surface area contributed by atoms with Crippen molar-refractivity contribution in [1.29, 1.82) is 0 Å². The Hall–Kier alpha value is -3.22. The second-order valence-corrected chi connectivity index (χ2v) is 6.84. The molecule has 0 fully saturated rings. The van der Waals surface area contributed by atoms with E-state index in [1.807, 2.05) is 0 Å². The fourth-order valence-corrected chi connectivity index (χ4v) is 2.96. The van der Waals surface area contributed by atoms with E-state index in [1.54, 1.807) is 20.0 Å². The summed E-state index contributed by atoms with van der Waals surface area (Å²) < 4.78 is 43.0. The molecular weight excluding hydrogens is 471 g/mol. The van der Waals surface area contributed by atoms with Crippen LogP contribution < -0.4 is 15.4 Å². The lowest BCUT2D eigenvalue weighted by atomic mass is 10.2. The fraction of sp³-hybridized carbons (Fsp3) is 0.235. The highest BCUT2D eigenvalue weighted by atomic mass is 79.9. The molecule has 1 aromatic carbocycles. The quantitative estimate of drug-likeness (QED) is 0.551. The van der Waals surface area contributed by atoms with Crippen LogP contribution >= 0.6 is 15.9 Å². The lowest BCUT2D eigenvalue weighted by Gasteiger charge is -2.15. The molecule has 0 spiro atoms. The number of benzene rings is 1. The highest BCUT2D eigenvalue weighted by molar-refractivity contribution is 9.10. The number of nitrogens with one attached hydrogen (secondary N) is 2. The minimum Gasteiger partial charge on any atom is -0.406 e. The predicted molar refractivity (Wildman–Crippen MR) is 103 cm³/mol. The van der Waals surface area contributed by atoms with E-state index in [9.17, 15) is 18.0 Å². The summed E-state index contributed by atoms with van der Waals surface area (Å²) >= 11 is 3.08. The second-order valence-electron chi connectivity index (χ2n) is 5.92. The first kappa shape index (κ1) is 21.5. The molecule has 0 aliphatic carbocycles. The number of ether oxygens (including phenoxy) is 1. The van der Waals surface area contributed by atoms with E-state index in [-0.39, 0.29) is 21.9 Å². The molecule has 0 bridgehead atoms. The van der Waals surface area contributed by atoms with Crippen LogP contribution in [0.3, 0.4) is 0 Å². The van der Waals surface area contributed by atoms with Crippen LogP contribution in [0, 0.1) is 0 Å². The highest BCUT2D eigenvalue weighted by Gasteiger charge is 2.31. The Morgan fingerprint density at radius 1 is 1.23 bits per heavy atom. The van der Waals surface area contributed by atoms with E-state index in [4.69, 9.17) is 0 Å². The summed E-state index contributed by atoms with van der Waals surface area (Å²) in [5, 5.41) is 9.70. The Morgan fingerprint density at radius 3 is 2.57 bits per heavy atom. The zero-order valence-electron chi connectivity index (χ0n) is 15.6. The van der Waals surface area contributed by atoms with Crippen LogP contribution in [0.25, 0.3) is 5.95 Å². The molecule has 0 aliphatic rings. The molecular formula is C17H15BrF3N7O2. The topological polar surface area (TPSA) is 107 Å². The molecule has 2 N–H and O–H groups in total. The molecule has 0 radical (unpaired) electrons. The van der Waals surface area contributed by atoms with Gasteiger partial charge < -0.3 is 15.4 Å². The molecule has 0 saturated heterocycles. The van der Waals surface area contributed by atoms with Crippen molar-refractivity contribution < 1.29 is 22.7 Å². The van der Waals surface area contributed by atoms with E-state index < -0.39 is 24.1 Å². The summed E-state index contributed by atoms with van der Waals surface area (Å²) in [6.45, 7) is 1.64. The molecule has 9 nitrogen and oxygen atoms in total. The van der Waals surface area contributed by atoms with Gasteiger partial charge in [0.2, 0.25) is 5.95 Å². The highest BCUT2D eigenvalue weighted by Crippen LogP contribution is 2.27. The van der Waals surface area contributed by atoms with Gasteiger partial charge in [0, 0.05) is 29.5 Å². The molecule has 0 aliphatic heterocycles. The number of amides is 1. The van der Waals surface area contributed by atoms with Gasteiger partial charge in [-0.05, 0) is 31.2 Å². The minimum absolute atomic E-state index is 0.0358. The first-order valence-electron chi connectivity index (χ1n) is 8.45. The van der Waals surface area contributed by atoms with Crippen LogP contribution in [0.2, 0.25) is 0 Å². The summed E-state index contributed by atoms with van der Waals surface area (Å²) in [5.74, 6) is -0.313. The van der Waals surface area contributed by atoms with Crippen molar-refractivity contribution in [3.63, 3.8) is 0 Å². The third-order valence-electron chi connectivity index (χ3n) is 3.70. The van der Waals surface area contributed by atoms with Crippen LogP contribution in [0.15, 0.2) is 41.1 Å². The number of anilines is 1. The van der Waals surface area contributed by atoms with Crippen molar-refractivity contribution >= 4 is 27.8 Å². The molecule has 1 atom stereocenters. The minimum atomic E-state index is -4.88. The number of alkyl halides is 3. The van der Waals surface area contributed by atoms with Crippen molar-refractivity contribution in [3.05, 3.63) is 52.5 Å². The summed E-state index contributed by atoms with van der Waals surface area (Å²) in [4.78, 5) is 25.2. The number of aromatic nitrogens is 5. The Bertz CT molecular complexity index is 1040. The monoisotopic (exact) mass is 485 g/mol. The molecule has 158 valence electrons. The van der Waals surface area contributed by atoms with Gasteiger partial charge in [-0.2, -0.15) is 9.67 Å². The molecule has 30 heavy (non-hydrogen) atoms. The van der Waals surface area contributed by atoms with Crippen molar-refractivity contribution in [2.45, 2.75) is 19.3 Å². The van der Waals surface area contributed by atoms with Gasteiger partial charge in [0.05, 0.1) is 6.04 Å². The third kappa shape index (κ3) is 5.23. The first-order chi connectivity index (χ1) is 14.2. The molecule has 0 saturated carbocycles. The average Bonchev–Trinajstić information content (AvgIpc) is 3.11. The van der Waals surface area contributed by atoms with Crippen molar-refractivity contribution in [3.8, 4) is 11.7 Å². The standard InChI is InChI=1S/C17H15BrF3N7O2/c1-9(13-26-15(22-2)27-28(13)16-23-4-3-5-24-16)25-14(29)10-6-11(18)8-12(7-10)30-17(19,20)21/h3-9H,1-2H3,(H,22,27)(H,25,29). The fourth-order valence-electron chi connectivity index (χ4n) is 2.49. The largest absolute Gasteiger partial charge is 0.573 e. The molecule has 2 aromatic heterocycles. The molecule has 1 unspecified atom stereocenters. The van der Waals surface area contributed by atoms with Gasteiger partial charge in [-0.1, -0.05) is 15.9 Å². The maximum Gasteiger partial charge on any atom is 0.573 e. The van der Waals surface area contributed by atoms with E-state index in [2.05, 4.69) is 51.4 Å². The number of halogens is 4. The van der Waals surface area contributed by atoms with E-state index in [1.165, 1.54) is 23.1 Å². The second kappa shape index (κ2) is 8.65. The number of carbonyl (C=O) groups excluding carboxylic acids is 1. The average molecular weight is 486 g/mol. The lowest BCUT2D eigenvalue weighted by molar-refractivity contribution is -0.274. The van der Waals surface area contributed by atoms with Crippen molar-refractivity contribution in [2.24, 2.45) is 0 Å². The van der Waals surface area contributed by atoms with Crippen LogP contribution in [-0.4, -0.2) is 44.0 Å². The smallest absolute Gasteiger partial charge is 0.406 e. The number of nitrogens with zero attached hydrogens (tertiary/aromatic N) is 5. The van der Waals surface area contributed by atoms with E-state index in [0.717, 1.165) is 12.1 Å². The van der Waals surface area contributed by atoms with Crippen molar-refractivity contribution in [2.75, 3.05) is 12.4 Å². The summed E-state index contributed by atoms with van der Waals surface area (Å²) in [5.41, 5.74) is -0.0358. The maximum atomic E-state index is 12.6. The summed E-state index contributed by atoms with van der Waals surface area (Å²) in [6.07, 6.45) is -1.82. The number of carbonyl (C=O) groups is 1. The Morgan fingerprint density at radius 2 is 1.93 bits per heavy atom. The lowest BCUT2D eigenvalue weighted by Crippen LogP contribution is -2.29. The Labute approximate surface area is 176 Å². The summed E-state index contributed by atoms with van der Waals surface area (Å²) in [6, 6.07) is 4.43. The molecule has 2 heterocycles. The van der Waals surface area contributed by atoms with Gasteiger partial charge in [-0.3, -0.25) is 4.79 Å². The van der Waals surface area contributed by atoms with Crippen molar-refractivity contribution in [1.82, 2.24) is 30.0 Å². The van der Waals surface area contributed by atoms with Crippen LogP contribution in [-0.2, 0) is 0 Å². The van der Waals surface area contributed by atoms with E-state index >= 15 is 0 Å². The third-order valence-corrected chi connectivity index (χ3v) is 4.16. The Kier molecular flexibility index (Phi) is 6.20. The van der Waals surface area contributed by atoms with Gasteiger partial charge in [-0.25, -0.2) is 9.97 Å². The van der Waals surface area contributed by atoms with Gasteiger partial charge >= 0.3 is 6.36 Å². The zero-order chi connectivity index (χ0) is 21.9. The van der Waals surface area contributed by atoms with Crippen LogP contribution in [0.1, 0.15) is 29.1 Å². The summed E-state index contributed by atoms with van der Waals surface area (Å²) in [7, 11) is 1.63. The number of hydrogen-bond donors (Lipinski definition) is 2. The number of hydrogen-bond acceptors (Lipinski definition) is 7. The predicted octanol–water partition coefficient (Wildman–Crippen LogP) is 3.25. The molecule has 3 aromatic rings. The van der Waals surface area contributed by atoms with Crippen LogP contribution in [0.5, 0.6) is 5.75 Å². The number of rotatable bonds is 6. The maximum absolute atomic E-state index is 12.6.